The number of ether oxygens (including phenoxy) is 3. The van der Waals surface area contributed by atoms with E-state index in [-0.39, 0.29) is 48.6 Å². The third-order valence-corrected chi connectivity index (χ3v) is 9.15. The molecule has 5 rings (SSSR count). The summed E-state index contributed by atoms with van der Waals surface area (Å²) in [6, 6.07) is 28.4. The van der Waals surface area contributed by atoms with Gasteiger partial charge in [0.1, 0.15) is 22.8 Å². The molecule has 1 aliphatic heterocycles. The van der Waals surface area contributed by atoms with Crippen LogP contribution in [0.1, 0.15) is 48.8 Å². The van der Waals surface area contributed by atoms with E-state index in [0.29, 0.717) is 43.7 Å². The number of nitrogens with zero attached hydrogens (tertiary/aromatic N) is 3. The summed E-state index contributed by atoms with van der Waals surface area (Å²) in [5.41, 5.74) is 1.04. The summed E-state index contributed by atoms with van der Waals surface area (Å²) in [4.78, 5) is 36.3. The van der Waals surface area contributed by atoms with E-state index in [1.807, 2.05) is 78.9 Å². The number of nitrogens with one attached hydrogen (secondary N) is 1. The molecule has 4 aromatic carbocycles. The molecule has 4 aromatic rings. The maximum absolute atomic E-state index is 13.5. The second-order valence-corrected chi connectivity index (χ2v) is 12.4. The Hall–Kier alpha value is -5.53. The fourth-order valence-electron chi connectivity index (χ4n) is 6.53. The van der Waals surface area contributed by atoms with E-state index in [1.54, 1.807) is 19.1 Å². The smallest absolute Gasteiger partial charge is 0.299 e. The number of β-amino-alcohol motifs (C(OH)–C–C–N with tert-alkyl or cyclic N) is 1. The molecule has 1 saturated heterocycles. The number of carbonyl (C=O) groups excluding carboxylic acids is 1. The molecule has 0 aliphatic carbocycles. The highest BCUT2D eigenvalue weighted by atomic mass is 16.6. The predicted octanol–water partition coefficient (Wildman–Crippen LogP) is 6.46. The number of aliphatic hydroxyl groups is 1. The van der Waals surface area contributed by atoms with Gasteiger partial charge in [0.05, 0.1) is 48.9 Å². The zero-order valence-electron chi connectivity index (χ0n) is 28.6. The lowest BCUT2D eigenvalue weighted by molar-refractivity contribution is -0.393. The Labute approximate surface area is 296 Å². The maximum Gasteiger partial charge on any atom is 0.299 e. The molecule has 13 heteroatoms. The number of hydrogen-bond acceptors (Lipinski definition) is 10. The average Bonchev–Trinajstić information content (AvgIpc) is 3.54. The molecular formula is C38H42N4O9. The van der Waals surface area contributed by atoms with Crippen molar-refractivity contribution in [2.75, 3.05) is 39.2 Å². The lowest BCUT2D eigenvalue weighted by Gasteiger charge is -2.38. The molecule has 1 aliphatic rings. The van der Waals surface area contributed by atoms with Crippen LogP contribution in [0, 0.1) is 20.2 Å². The molecule has 1 heterocycles. The molecule has 0 bridgehead atoms. The van der Waals surface area contributed by atoms with Crippen molar-refractivity contribution >= 4 is 23.0 Å². The summed E-state index contributed by atoms with van der Waals surface area (Å²) >= 11 is 0. The minimum absolute atomic E-state index is 0.0849. The van der Waals surface area contributed by atoms with Crippen molar-refractivity contribution in [3.05, 3.63) is 134 Å². The van der Waals surface area contributed by atoms with Crippen LogP contribution < -0.4 is 14.8 Å². The summed E-state index contributed by atoms with van der Waals surface area (Å²) in [5.74, 6) is 1.32. The first-order valence-corrected chi connectivity index (χ1v) is 16.8. The highest BCUT2D eigenvalue weighted by Crippen LogP contribution is 2.42. The number of hydrogen-bond donors (Lipinski definition) is 2. The molecule has 13 nitrogen and oxygen atoms in total. The molecule has 2 N–H and O–H groups in total. The summed E-state index contributed by atoms with van der Waals surface area (Å²) < 4.78 is 17.9. The van der Waals surface area contributed by atoms with Crippen LogP contribution in [-0.4, -0.2) is 71.8 Å². The van der Waals surface area contributed by atoms with Crippen LogP contribution in [0.5, 0.6) is 11.5 Å². The van der Waals surface area contributed by atoms with Crippen LogP contribution in [0.25, 0.3) is 0 Å². The van der Waals surface area contributed by atoms with Crippen molar-refractivity contribution in [2.45, 2.75) is 49.9 Å². The van der Waals surface area contributed by atoms with Crippen LogP contribution in [0.2, 0.25) is 0 Å². The molecule has 0 aromatic heterocycles. The summed E-state index contributed by atoms with van der Waals surface area (Å²) in [5, 5.41) is 36.1. The van der Waals surface area contributed by atoms with Crippen LogP contribution in [0.4, 0.5) is 17.1 Å². The van der Waals surface area contributed by atoms with E-state index in [4.69, 9.17) is 14.2 Å². The van der Waals surface area contributed by atoms with Gasteiger partial charge in [0, 0.05) is 25.6 Å². The monoisotopic (exact) mass is 698 g/mol. The van der Waals surface area contributed by atoms with Crippen molar-refractivity contribution in [3.63, 3.8) is 0 Å². The number of likely N-dealkylation sites (tertiary alicyclic amines) is 1. The van der Waals surface area contributed by atoms with Crippen molar-refractivity contribution in [1.82, 2.24) is 4.90 Å². The van der Waals surface area contributed by atoms with Gasteiger partial charge >= 0.3 is 0 Å². The van der Waals surface area contributed by atoms with E-state index in [2.05, 4.69) is 5.32 Å². The number of non-ortho nitro benzene ring substituents is 1. The maximum atomic E-state index is 13.5. The molecule has 0 saturated carbocycles. The highest BCUT2D eigenvalue weighted by Gasteiger charge is 2.41. The molecular weight excluding hydrogens is 656 g/mol. The fourth-order valence-corrected chi connectivity index (χ4v) is 6.53. The highest BCUT2D eigenvalue weighted by molar-refractivity contribution is 5.77. The Kier molecular flexibility index (Phi) is 12.2. The zero-order valence-corrected chi connectivity index (χ0v) is 28.6. The van der Waals surface area contributed by atoms with Gasteiger partial charge in [-0.1, -0.05) is 61.0 Å². The molecule has 51 heavy (non-hydrogen) atoms. The van der Waals surface area contributed by atoms with Gasteiger partial charge in [0.15, 0.2) is 0 Å². The normalized spacial score (nSPS) is 15.7. The molecule has 1 unspecified atom stereocenters. The van der Waals surface area contributed by atoms with E-state index in [0.717, 1.165) is 22.8 Å². The SMILES string of the molecule is COc1ccc(C(OCC2C[C@@H](O)CN2C(=O)CCCCCNc2ccc([N+](=O)[O-])cc2[N+](=O)[O-])(c2ccccc2)c2ccc(OC)cc2)cc1. The van der Waals surface area contributed by atoms with Crippen LogP contribution in [-0.2, 0) is 15.1 Å². The van der Waals surface area contributed by atoms with E-state index >= 15 is 0 Å². The minimum Gasteiger partial charge on any atom is -0.497 e. The quantitative estimate of drug-likeness (QED) is 0.0541. The topological polar surface area (TPSA) is 167 Å². The first-order valence-electron chi connectivity index (χ1n) is 16.8. The van der Waals surface area contributed by atoms with Gasteiger partial charge in [-0.15, -0.1) is 0 Å². The summed E-state index contributed by atoms with van der Waals surface area (Å²) in [7, 11) is 3.23. The number of unbranched alkanes of at least 4 members (excludes halogenated alkanes) is 2. The van der Waals surface area contributed by atoms with Gasteiger partial charge in [0.2, 0.25) is 5.91 Å². The number of nitro groups is 2. The van der Waals surface area contributed by atoms with Gasteiger partial charge < -0.3 is 29.5 Å². The average molecular weight is 699 g/mol. The summed E-state index contributed by atoms with van der Waals surface area (Å²) in [6.07, 6.45) is 1.83. The Bertz CT molecular complexity index is 1740. The van der Waals surface area contributed by atoms with Gasteiger partial charge in [-0.25, -0.2) is 0 Å². The number of benzene rings is 4. The van der Waals surface area contributed by atoms with Crippen LogP contribution >= 0.6 is 0 Å². The second-order valence-electron chi connectivity index (χ2n) is 12.4. The molecule has 0 radical (unpaired) electrons. The summed E-state index contributed by atoms with van der Waals surface area (Å²) in [6.45, 7) is 0.763. The Morgan fingerprint density at radius 1 is 0.843 bits per heavy atom. The number of anilines is 1. The van der Waals surface area contributed by atoms with Crippen molar-refractivity contribution in [2.24, 2.45) is 0 Å². The first-order chi connectivity index (χ1) is 24.7. The van der Waals surface area contributed by atoms with Crippen molar-refractivity contribution in [3.8, 4) is 11.5 Å². The molecule has 268 valence electrons. The van der Waals surface area contributed by atoms with Gasteiger partial charge in [-0.3, -0.25) is 25.0 Å². The Balaban J connectivity index is 1.27. The third kappa shape index (κ3) is 8.62. The van der Waals surface area contributed by atoms with E-state index in [9.17, 15) is 30.1 Å². The number of nitro benzene ring substituents is 2. The molecule has 0 spiro atoms. The predicted molar refractivity (Wildman–Crippen MR) is 191 cm³/mol. The number of methoxy groups -OCH3 is 2. The lowest BCUT2D eigenvalue weighted by atomic mass is 9.80. The molecule has 2 atom stereocenters. The van der Waals surface area contributed by atoms with E-state index in [1.165, 1.54) is 12.1 Å². The number of carbonyl (C=O) groups is 1. The van der Waals surface area contributed by atoms with E-state index < -0.39 is 21.6 Å². The number of aliphatic hydroxyl groups excluding tert-OH is 1. The second kappa shape index (κ2) is 16.9. The molecule has 1 amide bonds. The Morgan fingerprint density at radius 3 is 2.02 bits per heavy atom. The standard InChI is InChI=1S/C38H42N4O9/c1-49-33-17-12-28(13-18-33)38(27-9-5-3-6-10-27,29-14-19-34(50-2)20-15-29)51-26-31-23-32(43)25-40(31)37(44)11-7-4-8-22-39-35-21-16-30(41(45)46)24-36(35)42(47)48/h3,5-6,9-10,12-21,24,31-32,39,43H,4,7-8,11,22-23,25-26H2,1-2H3/t31?,32-/m1/s1. The minimum atomic E-state index is -1.06. The van der Waals surface area contributed by atoms with Gasteiger partial charge in [-0.2, -0.15) is 0 Å². The lowest BCUT2D eigenvalue weighted by Crippen LogP contribution is -2.42. The van der Waals surface area contributed by atoms with Crippen LogP contribution in [0.3, 0.4) is 0 Å². The van der Waals surface area contributed by atoms with Gasteiger partial charge in [-0.05, 0) is 66.3 Å². The van der Waals surface area contributed by atoms with Gasteiger partial charge in [0.25, 0.3) is 11.4 Å². The number of amides is 1. The Morgan fingerprint density at radius 2 is 1.45 bits per heavy atom. The zero-order chi connectivity index (χ0) is 36.4. The van der Waals surface area contributed by atoms with Crippen molar-refractivity contribution in [1.29, 1.82) is 0 Å². The largest absolute Gasteiger partial charge is 0.497 e. The third-order valence-electron chi connectivity index (χ3n) is 9.15. The fraction of sp³-hybridized carbons (Fsp3) is 0.342. The van der Waals surface area contributed by atoms with Crippen LogP contribution in [0.15, 0.2) is 97.1 Å². The number of rotatable bonds is 17. The molecule has 1 fully saturated rings. The van der Waals surface area contributed by atoms with Crippen molar-refractivity contribution < 1.29 is 34.0 Å². The first kappa shape index (κ1) is 36.7.